The van der Waals surface area contributed by atoms with Gasteiger partial charge in [-0.15, -0.1) is 0 Å². The molecule has 0 aliphatic heterocycles. The Labute approximate surface area is 124 Å². The summed E-state index contributed by atoms with van der Waals surface area (Å²) in [5, 5.41) is 0. The summed E-state index contributed by atoms with van der Waals surface area (Å²) in [6.07, 6.45) is 13.5. The largest absolute Gasteiger partial charge is 0.300 e. The fourth-order valence-electron chi connectivity index (χ4n) is 6.28. The Bertz CT molecular complexity index is 348. The zero-order valence-electron chi connectivity index (χ0n) is 13.4. The van der Waals surface area contributed by atoms with Crippen molar-refractivity contribution in [1.82, 2.24) is 0 Å². The van der Waals surface area contributed by atoms with Gasteiger partial charge in [-0.3, -0.25) is 4.79 Å². The number of hydrogen-bond donors (Lipinski definition) is 0. The molecule has 1 heteroatoms. The summed E-state index contributed by atoms with van der Waals surface area (Å²) in [6, 6.07) is 0. The summed E-state index contributed by atoms with van der Waals surface area (Å²) in [4.78, 5) is 11.7. The van der Waals surface area contributed by atoms with E-state index in [4.69, 9.17) is 0 Å². The van der Waals surface area contributed by atoms with Crippen LogP contribution in [-0.4, -0.2) is 5.78 Å². The highest BCUT2D eigenvalue weighted by molar-refractivity contribution is 5.79. The molecule has 0 aromatic carbocycles. The zero-order chi connectivity index (χ0) is 14.1. The van der Waals surface area contributed by atoms with Crippen LogP contribution in [0.2, 0.25) is 0 Å². The lowest BCUT2D eigenvalue weighted by Crippen LogP contribution is -2.44. The Morgan fingerprint density at radius 1 is 0.700 bits per heavy atom. The van der Waals surface area contributed by atoms with Gasteiger partial charge >= 0.3 is 0 Å². The molecule has 0 radical (unpaired) electrons. The van der Waals surface area contributed by atoms with Crippen molar-refractivity contribution in [2.24, 2.45) is 35.5 Å². The number of Topliss-reactive ketones (excluding diaryl/α,β-unsaturated/α-hetero) is 1. The SMILES string of the molecule is CC.O=C1CCC2C(CCC3C2CCC2CCC[C@H]23)C1. The van der Waals surface area contributed by atoms with Crippen LogP contribution in [0.3, 0.4) is 0 Å². The number of hydrogen-bond acceptors (Lipinski definition) is 1. The zero-order valence-corrected chi connectivity index (χ0v) is 13.4. The molecule has 0 aromatic heterocycles. The molecule has 1 nitrogen and oxygen atoms in total. The summed E-state index contributed by atoms with van der Waals surface area (Å²) in [5.74, 6) is 6.52. The van der Waals surface area contributed by atoms with Crippen LogP contribution >= 0.6 is 0 Å². The van der Waals surface area contributed by atoms with E-state index in [1.807, 2.05) is 13.8 Å². The third kappa shape index (κ3) is 2.46. The normalized spacial score (nSPS) is 46.6. The lowest BCUT2D eigenvalue weighted by Gasteiger charge is -2.51. The molecule has 0 heterocycles. The van der Waals surface area contributed by atoms with E-state index in [9.17, 15) is 4.79 Å². The maximum absolute atomic E-state index is 11.7. The van der Waals surface area contributed by atoms with Crippen LogP contribution < -0.4 is 0 Å². The van der Waals surface area contributed by atoms with Crippen molar-refractivity contribution in [3.8, 4) is 0 Å². The minimum Gasteiger partial charge on any atom is -0.300 e. The third-order valence-corrected chi connectivity index (χ3v) is 6.96. The van der Waals surface area contributed by atoms with Crippen molar-refractivity contribution in [3.63, 3.8) is 0 Å². The van der Waals surface area contributed by atoms with Gasteiger partial charge in [-0.2, -0.15) is 0 Å². The molecule has 4 aliphatic rings. The molecule has 4 fully saturated rings. The molecule has 0 saturated heterocycles. The summed E-state index contributed by atoms with van der Waals surface area (Å²) in [7, 11) is 0. The van der Waals surface area contributed by atoms with Crippen LogP contribution in [0.1, 0.15) is 78.1 Å². The first-order valence-corrected chi connectivity index (χ1v) is 9.34. The molecular formula is C19H32O. The van der Waals surface area contributed by atoms with E-state index in [-0.39, 0.29) is 0 Å². The van der Waals surface area contributed by atoms with E-state index in [1.165, 1.54) is 51.4 Å². The van der Waals surface area contributed by atoms with E-state index in [0.717, 1.165) is 48.3 Å². The molecule has 0 spiro atoms. The predicted molar refractivity (Wildman–Crippen MR) is 83.5 cm³/mol. The lowest BCUT2D eigenvalue weighted by atomic mass is 9.54. The van der Waals surface area contributed by atoms with Gasteiger partial charge in [-0.1, -0.05) is 26.7 Å². The van der Waals surface area contributed by atoms with Gasteiger partial charge in [0.1, 0.15) is 5.78 Å². The average molecular weight is 276 g/mol. The Balaban J connectivity index is 0.000000581. The Kier molecular flexibility index (Phi) is 4.52. The Hall–Kier alpha value is -0.330. The van der Waals surface area contributed by atoms with E-state index < -0.39 is 0 Å². The van der Waals surface area contributed by atoms with Gasteiger partial charge in [0.15, 0.2) is 0 Å². The van der Waals surface area contributed by atoms with Crippen molar-refractivity contribution in [2.45, 2.75) is 78.1 Å². The highest BCUT2D eigenvalue weighted by Crippen LogP contribution is 2.57. The molecule has 4 aliphatic carbocycles. The second-order valence-electron chi connectivity index (χ2n) is 7.54. The molecule has 114 valence electrons. The second kappa shape index (κ2) is 6.20. The fourth-order valence-corrected chi connectivity index (χ4v) is 6.28. The maximum atomic E-state index is 11.7. The second-order valence-corrected chi connectivity index (χ2v) is 7.54. The van der Waals surface area contributed by atoms with Gasteiger partial charge in [-0.25, -0.2) is 0 Å². The van der Waals surface area contributed by atoms with Crippen molar-refractivity contribution in [3.05, 3.63) is 0 Å². The number of ketones is 1. The van der Waals surface area contributed by atoms with Crippen molar-refractivity contribution < 1.29 is 4.79 Å². The Morgan fingerprint density at radius 3 is 2.10 bits per heavy atom. The summed E-state index contributed by atoms with van der Waals surface area (Å²) < 4.78 is 0. The molecule has 6 atom stereocenters. The van der Waals surface area contributed by atoms with Crippen molar-refractivity contribution >= 4 is 5.78 Å². The molecule has 20 heavy (non-hydrogen) atoms. The Morgan fingerprint density at radius 2 is 1.35 bits per heavy atom. The molecule has 0 bridgehead atoms. The van der Waals surface area contributed by atoms with Gasteiger partial charge in [0, 0.05) is 12.8 Å². The van der Waals surface area contributed by atoms with E-state index in [2.05, 4.69) is 0 Å². The number of rotatable bonds is 0. The predicted octanol–water partition coefficient (Wildman–Crippen LogP) is 5.23. The molecular weight excluding hydrogens is 244 g/mol. The van der Waals surface area contributed by atoms with Gasteiger partial charge < -0.3 is 0 Å². The minimum atomic E-state index is 0.559. The molecule has 4 rings (SSSR count). The average Bonchev–Trinajstić information content (AvgIpc) is 2.97. The van der Waals surface area contributed by atoms with E-state index in [0.29, 0.717) is 5.78 Å². The van der Waals surface area contributed by atoms with Gasteiger partial charge in [0.05, 0.1) is 0 Å². The number of carbonyl (C=O) groups is 1. The van der Waals surface area contributed by atoms with Crippen LogP contribution in [0.5, 0.6) is 0 Å². The minimum absolute atomic E-state index is 0.559. The molecule has 4 saturated carbocycles. The summed E-state index contributed by atoms with van der Waals surface area (Å²) in [6.45, 7) is 4.00. The summed E-state index contributed by atoms with van der Waals surface area (Å²) in [5.41, 5.74) is 0. The first-order valence-electron chi connectivity index (χ1n) is 9.34. The monoisotopic (exact) mass is 276 g/mol. The maximum Gasteiger partial charge on any atom is 0.133 e. The number of fused-ring (bicyclic) bond motifs is 5. The van der Waals surface area contributed by atoms with Crippen LogP contribution in [0.15, 0.2) is 0 Å². The van der Waals surface area contributed by atoms with Gasteiger partial charge in [0.25, 0.3) is 0 Å². The quantitative estimate of drug-likeness (QED) is 0.591. The first-order chi connectivity index (χ1) is 9.83. The van der Waals surface area contributed by atoms with E-state index in [1.54, 1.807) is 0 Å². The molecule has 0 aromatic rings. The molecule has 0 N–H and O–H groups in total. The topological polar surface area (TPSA) is 17.1 Å². The molecule has 0 amide bonds. The third-order valence-electron chi connectivity index (χ3n) is 6.96. The van der Waals surface area contributed by atoms with Crippen LogP contribution in [-0.2, 0) is 4.79 Å². The first kappa shape index (κ1) is 14.6. The standard InChI is InChI=1S/C17H26O.C2H6/c18-13-6-9-15-12(10-13)5-8-16-14-3-1-2-11(14)4-7-17(15)16;1-2/h11-12,14-17H,1-10H2;1-2H3/t11?,12?,14-,15?,16?,17?;/m1./s1. The highest BCUT2D eigenvalue weighted by Gasteiger charge is 2.49. The van der Waals surface area contributed by atoms with Crippen molar-refractivity contribution in [2.75, 3.05) is 0 Å². The van der Waals surface area contributed by atoms with Crippen LogP contribution in [0.25, 0.3) is 0 Å². The van der Waals surface area contributed by atoms with Crippen molar-refractivity contribution in [1.29, 1.82) is 0 Å². The van der Waals surface area contributed by atoms with E-state index >= 15 is 0 Å². The number of carbonyl (C=O) groups excluding carboxylic acids is 1. The van der Waals surface area contributed by atoms with Gasteiger partial charge in [-0.05, 0) is 74.0 Å². The van der Waals surface area contributed by atoms with Crippen LogP contribution in [0.4, 0.5) is 0 Å². The molecule has 5 unspecified atom stereocenters. The highest BCUT2D eigenvalue weighted by atomic mass is 16.1. The fraction of sp³-hybridized carbons (Fsp3) is 0.947. The lowest BCUT2D eigenvalue weighted by molar-refractivity contribution is -0.126. The van der Waals surface area contributed by atoms with Gasteiger partial charge in [0.2, 0.25) is 0 Å². The summed E-state index contributed by atoms with van der Waals surface area (Å²) >= 11 is 0. The smallest absolute Gasteiger partial charge is 0.133 e. The van der Waals surface area contributed by atoms with Crippen LogP contribution in [0, 0.1) is 35.5 Å².